The van der Waals surface area contributed by atoms with Crippen molar-refractivity contribution in [1.29, 1.82) is 0 Å². The zero-order chi connectivity index (χ0) is 12.4. The van der Waals surface area contributed by atoms with Gasteiger partial charge in [-0.1, -0.05) is 23.7 Å². The van der Waals surface area contributed by atoms with Gasteiger partial charge in [-0.25, -0.2) is 0 Å². The van der Waals surface area contributed by atoms with Gasteiger partial charge >= 0.3 is 0 Å². The van der Waals surface area contributed by atoms with E-state index in [4.69, 9.17) is 11.6 Å². The number of benzene rings is 1. The fourth-order valence-corrected chi connectivity index (χ4v) is 2.58. The van der Waals surface area contributed by atoms with Crippen LogP contribution in [0.15, 0.2) is 18.2 Å². The lowest BCUT2D eigenvalue weighted by Crippen LogP contribution is -2.23. The van der Waals surface area contributed by atoms with Crippen LogP contribution in [0.4, 0.5) is 0 Å². The van der Waals surface area contributed by atoms with Gasteiger partial charge in [0.15, 0.2) is 0 Å². The summed E-state index contributed by atoms with van der Waals surface area (Å²) in [5.74, 6) is 0.434. The largest absolute Gasteiger partial charge is 0.393 e. The molecule has 1 saturated heterocycles. The average Bonchev–Trinajstić information content (AvgIpc) is 2.72. The van der Waals surface area contributed by atoms with Crippen LogP contribution in [0.25, 0.3) is 0 Å². The molecule has 1 aliphatic rings. The van der Waals surface area contributed by atoms with Crippen LogP contribution in [0.2, 0.25) is 5.02 Å². The predicted molar refractivity (Wildman–Crippen MR) is 71.3 cm³/mol. The summed E-state index contributed by atoms with van der Waals surface area (Å²) in [6.07, 6.45) is 0.913. The number of halogens is 1. The van der Waals surface area contributed by atoms with Gasteiger partial charge < -0.3 is 5.11 Å². The van der Waals surface area contributed by atoms with Crippen LogP contribution in [0, 0.1) is 12.8 Å². The molecule has 1 fully saturated rings. The lowest BCUT2D eigenvalue weighted by Gasteiger charge is -2.17. The number of rotatable bonds is 3. The van der Waals surface area contributed by atoms with Crippen molar-refractivity contribution in [2.75, 3.05) is 13.1 Å². The predicted octanol–water partition coefficient (Wildman–Crippen LogP) is 2.85. The van der Waals surface area contributed by atoms with Gasteiger partial charge in [-0.3, -0.25) is 4.90 Å². The molecule has 2 atom stereocenters. The number of hydrogen-bond acceptors (Lipinski definition) is 2. The van der Waals surface area contributed by atoms with E-state index < -0.39 is 0 Å². The molecule has 0 spiro atoms. The second-order valence-corrected chi connectivity index (χ2v) is 5.52. The van der Waals surface area contributed by atoms with Crippen LogP contribution in [0.1, 0.15) is 24.5 Å². The molecule has 1 heterocycles. The summed E-state index contributed by atoms with van der Waals surface area (Å²) in [6, 6.07) is 6.21. The van der Waals surface area contributed by atoms with Crippen LogP contribution >= 0.6 is 11.6 Å². The standard InChI is InChI=1S/C14H20ClNO/c1-10-7-12(3-4-14(10)15)8-16-6-5-13(9-16)11(2)17/h3-4,7,11,13,17H,5-6,8-9H2,1-2H3. The van der Waals surface area contributed by atoms with Crippen LogP contribution in [-0.2, 0) is 6.54 Å². The number of aliphatic hydroxyl groups is 1. The molecular weight excluding hydrogens is 234 g/mol. The van der Waals surface area contributed by atoms with E-state index in [0.29, 0.717) is 5.92 Å². The smallest absolute Gasteiger partial charge is 0.0552 e. The quantitative estimate of drug-likeness (QED) is 0.896. The minimum Gasteiger partial charge on any atom is -0.393 e. The Morgan fingerprint density at radius 2 is 2.29 bits per heavy atom. The Morgan fingerprint density at radius 3 is 2.88 bits per heavy atom. The topological polar surface area (TPSA) is 23.5 Å². The van der Waals surface area contributed by atoms with Gasteiger partial charge in [-0.15, -0.1) is 0 Å². The second-order valence-electron chi connectivity index (χ2n) is 5.11. The highest BCUT2D eigenvalue weighted by Gasteiger charge is 2.25. The van der Waals surface area contributed by atoms with Crippen molar-refractivity contribution in [3.8, 4) is 0 Å². The number of aliphatic hydroxyl groups excluding tert-OH is 1. The van der Waals surface area contributed by atoms with Crippen LogP contribution in [0.3, 0.4) is 0 Å². The molecule has 1 aliphatic heterocycles. The normalized spacial score (nSPS) is 22.9. The number of likely N-dealkylation sites (tertiary alicyclic amines) is 1. The van der Waals surface area contributed by atoms with E-state index in [-0.39, 0.29) is 6.10 Å². The maximum atomic E-state index is 9.57. The summed E-state index contributed by atoms with van der Waals surface area (Å²) in [6.45, 7) is 6.97. The van der Waals surface area contributed by atoms with Gasteiger partial charge in [0.1, 0.15) is 0 Å². The minimum atomic E-state index is -0.188. The molecule has 0 aliphatic carbocycles. The minimum absolute atomic E-state index is 0.188. The van der Waals surface area contributed by atoms with Crippen molar-refractivity contribution in [2.24, 2.45) is 5.92 Å². The Labute approximate surface area is 108 Å². The first-order valence-corrected chi connectivity index (χ1v) is 6.59. The molecule has 1 aromatic carbocycles. The van der Waals surface area contributed by atoms with Crippen molar-refractivity contribution in [3.05, 3.63) is 34.3 Å². The van der Waals surface area contributed by atoms with Crippen molar-refractivity contribution < 1.29 is 5.11 Å². The molecule has 0 aromatic heterocycles. The third-order valence-corrected chi connectivity index (χ3v) is 4.04. The van der Waals surface area contributed by atoms with E-state index in [2.05, 4.69) is 17.0 Å². The number of nitrogens with zero attached hydrogens (tertiary/aromatic N) is 1. The van der Waals surface area contributed by atoms with Crippen LogP contribution in [0.5, 0.6) is 0 Å². The van der Waals surface area contributed by atoms with Crippen molar-refractivity contribution in [3.63, 3.8) is 0 Å². The first-order chi connectivity index (χ1) is 8.06. The maximum absolute atomic E-state index is 9.57. The highest BCUT2D eigenvalue weighted by Crippen LogP contribution is 2.23. The van der Waals surface area contributed by atoms with Crippen molar-refractivity contribution >= 4 is 11.6 Å². The van der Waals surface area contributed by atoms with Crippen LogP contribution in [-0.4, -0.2) is 29.2 Å². The number of aryl methyl sites for hydroxylation is 1. The molecule has 2 rings (SSSR count). The van der Waals surface area contributed by atoms with Crippen LogP contribution < -0.4 is 0 Å². The van der Waals surface area contributed by atoms with Gasteiger partial charge in [0.2, 0.25) is 0 Å². The molecule has 1 N–H and O–H groups in total. The maximum Gasteiger partial charge on any atom is 0.0552 e. The summed E-state index contributed by atoms with van der Waals surface area (Å²) >= 11 is 6.02. The molecular formula is C14H20ClNO. The zero-order valence-corrected chi connectivity index (χ0v) is 11.2. The summed E-state index contributed by atoms with van der Waals surface area (Å²) in [5, 5.41) is 10.4. The van der Waals surface area contributed by atoms with E-state index in [0.717, 1.165) is 36.6 Å². The Bertz CT molecular complexity index is 392. The molecule has 1 aromatic rings. The first-order valence-electron chi connectivity index (χ1n) is 6.21. The van der Waals surface area contributed by atoms with Gasteiger partial charge in [-0.05, 0) is 49.9 Å². The molecule has 2 nitrogen and oxygen atoms in total. The summed E-state index contributed by atoms with van der Waals surface area (Å²) in [4.78, 5) is 2.40. The molecule has 2 unspecified atom stereocenters. The van der Waals surface area contributed by atoms with E-state index in [1.54, 1.807) is 0 Å². The average molecular weight is 254 g/mol. The van der Waals surface area contributed by atoms with Gasteiger partial charge in [0.05, 0.1) is 6.10 Å². The lowest BCUT2D eigenvalue weighted by molar-refractivity contribution is 0.127. The van der Waals surface area contributed by atoms with Crippen molar-refractivity contribution in [1.82, 2.24) is 4.90 Å². The summed E-state index contributed by atoms with van der Waals surface area (Å²) in [5.41, 5.74) is 2.44. The van der Waals surface area contributed by atoms with Gasteiger partial charge in [0, 0.05) is 18.1 Å². The first kappa shape index (κ1) is 12.9. The molecule has 94 valence electrons. The SMILES string of the molecule is Cc1cc(CN2CCC(C(C)O)C2)ccc1Cl. The summed E-state index contributed by atoms with van der Waals surface area (Å²) < 4.78 is 0. The Hall–Kier alpha value is -0.570. The third kappa shape index (κ3) is 3.21. The zero-order valence-electron chi connectivity index (χ0n) is 10.5. The Balaban J connectivity index is 1.96. The monoisotopic (exact) mass is 253 g/mol. The summed E-state index contributed by atoms with van der Waals surface area (Å²) in [7, 11) is 0. The molecule has 0 radical (unpaired) electrons. The molecule has 3 heteroatoms. The van der Waals surface area contributed by atoms with Crippen molar-refractivity contribution in [2.45, 2.75) is 32.9 Å². The third-order valence-electron chi connectivity index (χ3n) is 3.62. The van der Waals surface area contributed by atoms with Gasteiger partial charge in [0.25, 0.3) is 0 Å². The Morgan fingerprint density at radius 1 is 1.53 bits per heavy atom. The van der Waals surface area contributed by atoms with E-state index >= 15 is 0 Å². The van der Waals surface area contributed by atoms with E-state index in [1.807, 2.05) is 19.9 Å². The Kier molecular flexibility index (Phi) is 4.08. The molecule has 0 amide bonds. The fraction of sp³-hybridized carbons (Fsp3) is 0.571. The van der Waals surface area contributed by atoms with E-state index in [9.17, 15) is 5.11 Å². The lowest BCUT2D eigenvalue weighted by atomic mass is 10.0. The fourth-order valence-electron chi connectivity index (χ4n) is 2.46. The second kappa shape index (κ2) is 5.38. The molecule has 0 saturated carbocycles. The van der Waals surface area contributed by atoms with E-state index in [1.165, 1.54) is 5.56 Å². The van der Waals surface area contributed by atoms with Gasteiger partial charge in [-0.2, -0.15) is 0 Å². The highest BCUT2D eigenvalue weighted by atomic mass is 35.5. The molecule has 17 heavy (non-hydrogen) atoms. The molecule has 0 bridgehead atoms. The highest BCUT2D eigenvalue weighted by molar-refractivity contribution is 6.31. The number of hydrogen-bond donors (Lipinski definition) is 1.